The van der Waals surface area contributed by atoms with Crippen LogP contribution in [-0.2, 0) is 10.9 Å². The number of rotatable bonds is 4. The van der Waals surface area contributed by atoms with Crippen LogP contribution in [0.2, 0.25) is 5.02 Å². The zero-order valence-corrected chi connectivity index (χ0v) is 19.8. The molecular weight excluding hydrogens is 483 g/mol. The third kappa shape index (κ3) is 6.46. The van der Waals surface area contributed by atoms with Crippen molar-refractivity contribution in [2.45, 2.75) is 18.5 Å². The molecule has 2 aromatic carbocycles. The van der Waals surface area contributed by atoms with Crippen molar-refractivity contribution in [3.8, 4) is 0 Å². The van der Waals surface area contributed by atoms with Gasteiger partial charge in [0.15, 0.2) is 0 Å². The van der Waals surface area contributed by atoms with Gasteiger partial charge in [-0.3, -0.25) is 4.79 Å². The summed E-state index contributed by atoms with van der Waals surface area (Å²) in [6.45, 7) is 3.12. The first-order chi connectivity index (χ1) is 16.7. The summed E-state index contributed by atoms with van der Waals surface area (Å²) in [6.07, 6.45) is -3.77. The number of ether oxygens (including phenoxy) is 1. The Morgan fingerprint density at radius 1 is 1.03 bits per heavy atom. The molecule has 2 fully saturated rings. The number of nitrogens with zero attached hydrogens (tertiary/aromatic N) is 2. The van der Waals surface area contributed by atoms with Crippen LogP contribution in [0.5, 0.6) is 0 Å². The van der Waals surface area contributed by atoms with Crippen LogP contribution in [0.3, 0.4) is 0 Å². The van der Waals surface area contributed by atoms with Gasteiger partial charge < -0.3 is 19.9 Å². The fraction of sp³-hybridized carbons (Fsp3) is 0.440. The smallest absolute Gasteiger partial charge is 0.378 e. The third-order valence-corrected chi connectivity index (χ3v) is 6.67. The van der Waals surface area contributed by atoms with Gasteiger partial charge in [0.1, 0.15) is 0 Å². The Morgan fingerprint density at radius 3 is 2.40 bits per heavy atom. The van der Waals surface area contributed by atoms with Crippen LogP contribution < -0.4 is 5.32 Å². The minimum Gasteiger partial charge on any atom is -0.378 e. The van der Waals surface area contributed by atoms with E-state index in [0.717, 1.165) is 17.7 Å². The lowest BCUT2D eigenvalue weighted by Crippen LogP contribution is -2.53. The van der Waals surface area contributed by atoms with Gasteiger partial charge in [-0.05, 0) is 48.2 Å². The van der Waals surface area contributed by atoms with Crippen molar-refractivity contribution < 1.29 is 27.5 Å². The summed E-state index contributed by atoms with van der Waals surface area (Å²) < 4.78 is 44.4. The van der Waals surface area contributed by atoms with Crippen molar-refractivity contribution in [1.82, 2.24) is 15.1 Å². The van der Waals surface area contributed by atoms with Crippen LogP contribution in [0.25, 0.3) is 0 Å². The molecular formula is C25H27ClF3N3O3. The largest absolute Gasteiger partial charge is 0.416 e. The molecule has 6 nitrogen and oxygen atoms in total. The van der Waals surface area contributed by atoms with E-state index in [4.69, 9.17) is 16.3 Å². The number of benzene rings is 2. The van der Waals surface area contributed by atoms with Gasteiger partial charge in [-0.25, -0.2) is 4.79 Å². The highest BCUT2D eigenvalue weighted by atomic mass is 35.5. The maximum atomic E-state index is 13.2. The van der Waals surface area contributed by atoms with E-state index in [0.29, 0.717) is 62.9 Å². The minimum absolute atomic E-state index is 0.0656. The van der Waals surface area contributed by atoms with Crippen molar-refractivity contribution in [1.29, 1.82) is 0 Å². The highest BCUT2D eigenvalue weighted by molar-refractivity contribution is 6.30. The van der Waals surface area contributed by atoms with Gasteiger partial charge in [-0.2, -0.15) is 13.2 Å². The first-order valence-electron chi connectivity index (χ1n) is 11.5. The van der Waals surface area contributed by atoms with Crippen LogP contribution >= 0.6 is 11.6 Å². The Balaban J connectivity index is 1.49. The molecule has 0 bridgehead atoms. The number of alkyl halides is 3. The number of carbonyl (C=O) groups excluding carboxylic acids is 2. The number of hydrogen-bond acceptors (Lipinski definition) is 3. The quantitative estimate of drug-likeness (QED) is 0.653. The fourth-order valence-electron chi connectivity index (χ4n) is 4.62. The van der Waals surface area contributed by atoms with Crippen LogP contribution in [-0.4, -0.2) is 67.7 Å². The first kappa shape index (κ1) is 25.3. The molecule has 2 atom stereocenters. The van der Waals surface area contributed by atoms with Crippen molar-refractivity contribution in [3.63, 3.8) is 0 Å². The Morgan fingerprint density at radius 2 is 1.74 bits per heavy atom. The van der Waals surface area contributed by atoms with Crippen LogP contribution in [0.4, 0.5) is 18.0 Å². The standard InChI is InChI=1S/C25H27ClF3N3O3/c26-22-3-1-2-19(13-22)23(33)30-14-17-12-20(18-4-6-21(7-5-18)25(27,28)29)16-32(15-17)24(34)31-8-10-35-11-9-31/h1-7,13,17,20H,8-12,14-16H2,(H,30,33). The molecule has 4 rings (SSSR count). The van der Waals surface area contributed by atoms with Crippen molar-refractivity contribution in [3.05, 3.63) is 70.2 Å². The molecule has 2 saturated heterocycles. The van der Waals surface area contributed by atoms with E-state index in [1.807, 2.05) is 0 Å². The summed E-state index contributed by atoms with van der Waals surface area (Å²) in [5.41, 5.74) is 0.473. The zero-order valence-electron chi connectivity index (χ0n) is 19.1. The highest BCUT2D eigenvalue weighted by Crippen LogP contribution is 2.34. The fourth-order valence-corrected chi connectivity index (χ4v) is 4.81. The summed E-state index contributed by atoms with van der Waals surface area (Å²) in [6, 6.07) is 11.6. The molecule has 2 aromatic rings. The zero-order chi connectivity index (χ0) is 25.0. The molecule has 2 heterocycles. The average molecular weight is 510 g/mol. The lowest BCUT2D eigenvalue weighted by Gasteiger charge is -2.41. The molecule has 2 unspecified atom stereocenters. The van der Waals surface area contributed by atoms with Gasteiger partial charge in [0.25, 0.3) is 5.91 Å². The molecule has 2 aliphatic rings. The second kappa shape index (κ2) is 10.9. The van der Waals surface area contributed by atoms with E-state index in [2.05, 4.69) is 5.32 Å². The van der Waals surface area contributed by atoms with E-state index >= 15 is 0 Å². The van der Waals surface area contributed by atoms with Gasteiger partial charge >= 0.3 is 12.2 Å². The Hall–Kier alpha value is -2.78. The van der Waals surface area contributed by atoms with Crippen molar-refractivity contribution in [2.75, 3.05) is 45.9 Å². The molecule has 0 saturated carbocycles. The molecule has 2 aliphatic heterocycles. The molecule has 10 heteroatoms. The molecule has 0 aromatic heterocycles. The number of halogens is 4. The van der Waals surface area contributed by atoms with Gasteiger partial charge in [-0.1, -0.05) is 29.8 Å². The van der Waals surface area contributed by atoms with Crippen LogP contribution in [0.1, 0.15) is 33.8 Å². The highest BCUT2D eigenvalue weighted by Gasteiger charge is 2.35. The van der Waals surface area contributed by atoms with Gasteiger partial charge in [0.2, 0.25) is 0 Å². The molecule has 0 radical (unpaired) electrons. The molecule has 0 aliphatic carbocycles. The second-order valence-corrected chi connectivity index (χ2v) is 9.36. The SMILES string of the molecule is O=C(NCC1CC(c2ccc(C(F)(F)F)cc2)CN(C(=O)N2CCOCC2)C1)c1cccc(Cl)c1. The molecule has 35 heavy (non-hydrogen) atoms. The summed E-state index contributed by atoms with van der Waals surface area (Å²) in [5, 5.41) is 3.38. The topological polar surface area (TPSA) is 61.9 Å². The number of carbonyl (C=O) groups is 2. The van der Waals surface area contributed by atoms with Crippen molar-refractivity contribution >= 4 is 23.5 Å². The number of urea groups is 1. The number of nitrogens with one attached hydrogen (secondary N) is 1. The second-order valence-electron chi connectivity index (χ2n) is 8.93. The Kier molecular flexibility index (Phi) is 7.86. The lowest BCUT2D eigenvalue weighted by molar-refractivity contribution is -0.137. The molecule has 1 N–H and O–H groups in total. The number of morpholine rings is 1. The van der Waals surface area contributed by atoms with Gasteiger partial charge in [0, 0.05) is 49.2 Å². The van der Waals surface area contributed by atoms with E-state index in [1.165, 1.54) is 12.1 Å². The number of hydrogen-bond donors (Lipinski definition) is 1. The lowest BCUT2D eigenvalue weighted by atomic mass is 9.84. The Labute approximate surface area is 207 Å². The Bertz CT molecular complexity index is 1040. The number of likely N-dealkylation sites (tertiary alicyclic amines) is 1. The van der Waals surface area contributed by atoms with Gasteiger partial charge in [-0.15, -0.1) is 0 Å². The summed E-state index contributed by atoms with van der Waals surface area (Å²) in [4.78, 5) is 29.3. The van der Waals surface area contributed by atoms with Crippen LogP contribution in [0, 0.1) is 5.92 Å². The predicted octanol–water partition coefficient (Wildman–Crippen LogP) is 4.65. The minimum atomic E-state index is -4.41. The number of amides is 3. The maximum absolute atomic E-state index is 13.2. The molecule has 3 amide bonds. The monoisotopic (exact) mass is 509 g/mol. The number of piperidine rings is 1. The van der Waals surface area contributed by atoms with E-state index in [9.17, 15) is 22.8 Å². The van der Waals surface area contributed by atoms with E-state index in [1.54, 1.807) is 34.1 Å². The summed E-state index contributed by atoms with van der Waals surface area (Å²) >= 11 is 5.98. The normalized spacial score (nSPS) is 21.0. The third-order valence-electron chi connectivity index (χ3n) is 6.44. The van der Waals surface area contributed by atoms with E-state index in [-0.39, 0.29) is 23.8 Å². The molecule has 188 valence electrons. The molecule has 0 spiro atoms. The average Bonchev–Trinajstić information content (AvgIpc) is 2.86. The van der Waals surface area contributed by atoms with E-state index < -0.39 is 11.7 Å². The predicted molar refractivity (Wildman–Crippen MR) is 125 cm³/mol. The van der Waals surface area contributed by atoms with Crippen LogP contribution in [0.15, 0.2) is 48.5 Å². The first-order valence-corrected chi connectivity index (χ1v) is 11.9. The summed E-state index contributed by atoms with van der Waals surface area (Å²) in [5.74, 6) is -0.483. The van der Waals surface area contributed by atoms with Gasteiger partial charge in [0.05, 0.1) is 18.8 Å². The maximum Gasteiger partial charge on any atom is 0.416 e. The summed E-state index contributed by atoms with van der Waals surface area (Å²) in [7, 11) is 0. The van der Waals surface area contributed by atoms with Crippen molar-refractivity contribution in [2.24, 2.45) is 5.92 Å².